The van der Waals surface area contributed by atoms with Crippen LogP contribution >= 0.6 is 0 Å². The predicted molar refractivity (Wildman–Crippen MR) is 79.5 cm³/mol. The minimum absolute atomic E-state index is 0.0927. The predicted octanol–water partition coefficient (Wildman–Crippen LogP) is 1.15. The van der Waals surface area contributed by atoms with Crippen LogP contribution in [-0.2, 0) is 9.47 Å². The van der Waals surface area contributed by atoms with Crippen molar-refractivity contribution in [2.45, 2.75) is 19.1 Å². The smallest absolute Gasteiger partial charge is 0.254 e. The standard InChI is InChI=1S/C15H22N2O4/c1-4-21-12-6-10(5-11(16)7-12)15(18)17-8-13(19-2)14(9-17)20-3/h5-7,13-14H,4,8-9,16H2,1-3H3. The Hall–Kier alpha value is -1.79. The first-order valence-corrected chi connectivity index (χ1v) is 6.97. The van der Waals surface area contributed by atoms with Gasteiger partial charge in [-0.25, -0.2) is 0 Å². The van der Waals surface area contributed by atoms with Crippen LogP contribution in [0.3, 0.4) is 0 Å². The molecule has 0 bridgehead atoms. The van der Waals surface area contributed by atoms with Crippen molar-refractivity contribution in [1.82, 2.24) is 4.90 Å². The van der Waals surface area contributed by atoms with Gasteiger partial charge in [-0.05, 0) is 19.1 Å². The molecule has 0 saturated carbocycles. The average molecular weight is 294 g/mol. The molecule has 1 fully saturated rings. The van der Waals surface area contributed by atoms with Gasteiger partial charge < -0.3 is 24.8 Å². The molecule has 116 valence electrons. The molecule has 0 aromatic heterocycles. The van der Waals surface area contributed by atoms with Gasteiger partial charge in [-0.15, -0.1) is 0 Å². The number of carbonyl (C=O) groups excluding carboxylic acids is 1. The molecular weight excluding hydrogens is 272 g/mol. The first kappa shape index (κ1) is 15.6. The number of benzene rings is 1. The molecule has 1 aromatic carbocycles. The highest BCUT2D eigenvalue weighted by Crippen LogP contribution is 2.23. The average Bonchev–Trinajstić information content (AvgIpc) is 2.89. The summed E-state index contributed by atoms with van der Waals surface area (Å²) in [5, 5.41) is 0. The number of rotatable bonds is 5. The van der Waals surface area contributed by atoms with E-state index in [0.29, 0.717) is 36.7 Å². The number of anilines is 1. The van der Waals surface area contributed by atoms with Crippen LogP contribution in [0.1, 0.15) is 17.3 Å². The van der Waals surface area contributed by atoms with Crippen molar-refractivity contribution >= 4 is 11.6 Å². The largest absolute Gasteiger partial charge is 0.494 e. The first-order valence-electron chi connectivity index (χ1n) is 6.97. The van der Waals surface area contributed by atoms with Gasteiger partial charge in [0, 0.05) is 44.6 Å². The number of ether oxygens (including phenoxy) is 3. The summed E-state index contributed by atoms with van der Waals surface area (Å²) < 4.78 is 16.1. The molecule has 1 saturated heterocycles. The van der Waals surface area contributed by atoms with Crippen molar-refractivity contribution < 1.29 is 19.0 Å². The van der Waals surface area contributed by atoms with E-state index in [1.807, 2.05) is 6.92 Å². The van der Waals surface area contributed by atoms with Crippen LogP contribution in [0.15, 0.2) is 18.2 Å². The van der Waals surface area contributed by atoms with E-state index in [0.717, 1.165) is 0 Å². The summed E-state index contributed by atoms with van der Waals surface area (Å²) >= 11 is 0. The molecule has 2 atom stereocenters. The normalized spacial score (nSPS) is 21.6. The Morgan fingerprint density at radius 3 is 2.38 bits per heavy atom. The minimum atomic E-state index is -0.105. The van der Waals surface area contributed by atoms with Crippen molar-refractivity contribution in [2.75, 3.05) is 39.6 Å². The third-order valence-electron chi connectivity index (χ3n) is 3.59. The summed E-state index contributed by atoms with van der Waals surface area (Å²) in [5.74, 6) is 0.511. The van der Waals surface area contributed by atoms with E-state index in [4.69, 9.17) is 19.9 Å². The van der Waals surface area contributed by atoms with Gasteiger partial charge in [0.15, 0.2) is 0 Å². The highest BCUT2D eigenvalue weighted by Gasteiger charge is 2.35. The number of carbonyl (C=O) groups is 1. The van der Waals surface area contributed by atoms with Gasteiger partial charge in [-0.2, -0.15) is 0 Å². The molecule has 1 aliphatic heterocycles. The van der Waals surface area contributed by atoms with Crippen LogP contribution < -0.4 is 10.5 Å². The zero-order chi connectivity index (χ0) is 15.4. The van der Waals surface area contributed by atoms with Gasteiger partial charge in [0.1, 0.15) is 18.0 Å². The highest BCUT2D eigenvalue weighted by molar-refractivity contribution is 5.95. The van der Waals surface area contributed by atoms with Crippen LogP contribution in [0.2, 0.25) is 0 Å². The fourth-order valence-electron chi connectivity index (χ4n) is 2.54. The van der Waals surface area contributed by atoms with Crippen molar-refractivity contribution in [3.05, 3.63) is 23.8 Å². The van der Waals surface area contributed by atoms with E-state index in [1.165, 1.54) is 0 Å². The van der Waals surface area contributed by atoms with E-state index in [9.17, 15) is 4.79 Å². The maximum Gasteiger partial charge on any atom is 0.254 e. The van der Waals surface area contributed by atoms with Crippen LogP contribution in [-0.4, -0.2) is 56.9 Å². The molecule has 2 N–H and O–H groups in total. The van der Waals surface area contributed by atoms with Crippen LogP contribution in [0, 0.1) is 0 Å². The fraction of sp³-hybridized carbons (Fsp3) is 0.533. The number of nitrogens with two attached hydrogens (primary N) is 1. The molecule has 0 radical (unpaired) electrons. The lowest BCUT2D eigenvalue weighted by atomic mass is 10.1. The number of likely N-dealkylation sites (tertiary alicyclic amines) is 1. The third kappa shape index (κ3) is 3.46. The zero-order valence-corrected chi connectivity index (χ0v) is 12.7. The maximum absolute atomic E-state index is 12.6. The summed E-state index contributed by atoms with van der Waals surface area (Å²) in [4.78, 5) is 14.3. The van der Waals surface area contributed by atoms with E-state index in [1.54, 1.807) is 37.3 Å². The number of amides is 1. The lowest BCUT2D eigenvalue weighted by Gasteiger charge is -2.17. The first-order chi connectivity index (χ1) is 10.1. The maximum atomic E-state index is 12.6. The highest BCUT2D eigenvalue weighted by atomic mass is 16.5. The lowest BCUT2D eigenvalue weighted by molar-refractivity contribution is -0.00461. The van der Waals surface area contributed by atoms with Gasteiger partial charge in [0.05, 0.1) is 6.61 Å². The number of hydrogen-bond donors (Lipinski definition) is 1. The zero-order valence-electron chi connectivity index (χ0n) is 12.7. The Morgan fingerprint density at radius 2 is 1.86 bits per heavy atom. The molecule has 0 spiro atoms. The van der Waals surface area contributed by atoms with Crippen LogP contribution in [0.5, 0.6) is 5.75 Å². The fourth-order valence-corrected chi connectivity index (χ4v) is 2.54. The molecular formula is C15H22N2O4. The second kappa shape index (κ2) is 6.78. The van der Waals surface area contributed by atoms with Gasteiger partial charge in [0.25, 0.3) is 5.91 Å². The second-order valence-corrected chi connectivity index (χ2v) is 4.98. The van der Waals surface area contributed by atoms with E-state index < -0.39 is 0 Å². The van der Waals surface area contributed by atoms with Crippen molar-refractivity contribution in [2.24, 2.45) is 0 Å². The van der Waals surface area contributed by atoms with Crippen molar-refractivity contribution in [1.29, 1.82) is 0 Å². The molecule has 1 aliphatic rings. The topological polar surface area (TPSA) is 74.0 Å². The molecule has 1 amide bonds. The van der Waals surface area contributed by atoms with Gasteiger partial charge in [-0.3, -0.25) is 4.79 Å². The Kier molecular flexibility index (Phi) is 5.03. The summed E-state index contributed by atoms with van der Waals surface area (Å²) in [6, 6.07) is 5.08. The Balaban J connectivity index is 2.17. The summed E-state index contributed by atoms with van der Waals surface area (Å²) in [6.45, 7) is 3.43. The van der Waals surface area contributed by atoms with Gasteiger partial charge in [-0.1, -0.05) is 0 Å². The molecule has 2 rings (SSSR count). The van der Waals surface area contributed by atoms with E-state index in [-0.39, 0.29) is 18.1 Å². The summed E-state index contributed by atoms with van der Waals surface area (Å²) in [7, 11) is 3.25. The lowest BCUT2D eigenvalue weighted by Crippen LogP contribution is -2.30. The van der Waals surface area contributed by atoms with Crippen LogP contribution in [0.25, 0.3) is 0 Å². The summed E-state index contributed by atoms with van der Waals surface area (Å²) in [6.07, 6.45) is -0.210. The molecule has 0 aliphatic carbocycles. The molecule has 21 heavy (non-hydrogen) atoms. The van der Waals surface area contributed by atoms with E-state index >= 15 is 0 Å². The Labute approximate surface area is 124 Å². The number of methoxy groups -OCH3 is 2. The number of hydrogen-bond acceptors (Lipinski definition) is 5. The number of nitrogens with zero attached hydrogens (tertiary/aromatic N) is 1. The SMILES string of the molecule is CCOc1cc(N)cc(C(=O)N2CC(OC)C(OC)C2)c1. The quantitative estimate of drug-likeness (QED) is 0.825. The second-order valence-electron chi connectivity index (χ2n) is 4.98. The van der Waals surface area contributed by atoms with E-state index in [2.05, 4.69) is 0 Å². The Morgan fingerprint density at radius 1 is 1.24 bits per heavy atom. The van der Waals surface area contributed by atoms with Crippen molar-refractivity contribution in [3.8, 4) is 5.75 Å². The monoisotopic (exact) mass is 294 g/mol. The van der Waals surface area contributed by atoms with Crippen molar-refractivity contribution in [3.63, 3.8) is 0 Å². The molecule has 6 nitrogen and oxygen atoms in total. The molecule has 6 heteroatoms. The minimum Gasteiger partial charge on any atom is -0.494 e. The van der Waals surface area contributed by atoms with Crippen LogP contribution in [0.4, 0.5) is 5.69 Å². The third-order valence-corrected chi connectivity index (χ3v) is 3.59. The molecule has 1 heterocycles. The van der Waals surface area contributed by atoms with Gasteiger partial charge >= 0.3 is 0 Å². The summed E-state index contributed by atoms with van der Waals surface area (Å²) in [5.41, 5.74) is 6.86. The molecule has 1 aromatic rings. The molecule has 2 unspecified atom stereocenters. The number of nitrogen functional groups attached to an aromatic ring is 1. The Bertz CT molecular complexity index is 494. The van der Waals surface area contributed by atoms with Gasteiger partial charge in [0.2, 0.25) is 0 Å².